The molecule has 0 aromatic heterocycles. The monoisotopic (exact) mass is 283 g/mol. The number of hydrogen-bond acceptors (Lipinski definition) is 4. The molecule has 5 heteroatoms. The fourth-order valence-corrected chi connectivity index (χ4v) is 3.28. The lowest BCUT2D eigenvalue weighted by molar-refractivity contribution is -0.0372. The molecule has 5 nitrogen and oxygen atoms in total. The average Bonchev–Trinajstić information content (AvgIpc) is 3.10. The lowest BCUT2D eigenvalue weighted by Crippen LogP contribution is -2.50. The fraction of sp³-hybridized carbons (Fsp3) is 0.933. The van der Waals surface area contributed by atoms with Gasteiger partial charge in [-0.15, -0.1) is 0 Å². The number of fused-ring (bicyclic) bond motifs is 2. The second-order valence-electron chi connectivity index (χ2n) is 7.15. The molecule has 0 unspecified atom stereocenters. The summed E-state index contributed by atoms with van der Waals surface area (Å²) < 4.78 is 16.6. The smallest absolute Gasteiger partial charge is 0.410 e. The summed E-state index contributed by atoms with van der Waals surface area (Å²) in [5.74, 6) is 0. The Morgan fingerprint density at radius 1 is 1.25 bits per heavy atom. The van der Waals surface area contributed by atoms with E-state index < -0.39 is 5.60 Å². The van der Waals surface area contributed by atoms with Gasteiger partial charge in [-0.3, -0.25) is 0 Å². The Hall–Kier alpha value is -0.810. The fourth-order valence-electron chi connectivity index (χ4n) is 3.28. The molecular weight excluding hydrogens is 258 g/mol. The maximum Gasteiger partial charge on any atom is 0.410 e. The van der Waals surface area contributed by atoms with Gasteiger partial charge in [-0.1, -0.05) is 0 Å². The van der Waals surface area contributed by atoms with Crippen molar-refractivity contribution in [3.63, 3.8) is 0 Å². The Kier molecular flexibility index (Phi) is 3.67. The van der Waals surface area contributed by atoms with Gasteiger partial charge in [0.1, 0.15) is 11.7 Å². The van der Waals surface area contributed by atoms with Crippen molar-refractivity contribution < 1.29 is 19.0 Å². The number of carbonyl (C=O) groups is 1. The minimum Gasteiger partial charge on any atom is -0.444 e. The van der Waals surface area contributed by atoms with Gasteiger partial charge in [-0.05, 0) is 46.5 Å². The number of epoxide rings is 1. The van der Waals surface area contributed by atoms with Crippen molar-refractivity contribution in [3.05, 3.63) is 0 Å². The molecule has 0 saturated carbocycles. The lowest BCUT2D eigenvalue weighted by atomic mass is 10.0. The summed E-state index contributed by atoms with van der Waals surface area (Å²) in [5, 5.41) is 0. The molecule has 0 aromatic carbocycles. The highest BCUT2D eigenvalue weighted by Crippen LogP contribution is 2.38. The van der Waals surface area contributed by atoms with Crippen LogP contribution in [0.5, 0.6) is 0 Å². The summed E-state index contributed by atoms with van der Waals surface area (Å²) in [5.41, 5.74) is -0.423. The van der Waals surface area contributed by atoms with Gasteiger partial charge < -0.3 is 19.1 Å². The van der Waals surface area contributed by atoms with E-state index in [2.05, 4.69) is 0 Å². The molecule has 3 fully saturated rings. The molecule has 2 bridgehead atoms. The van der Waals surface area contributed by atoms with Crippen molar-refractivity contribution in [2.24, 2.45) is 0 Å². The molecule has 0 N–H and O–H groups in total. The topological polar surface area (TPSA) is 51.3 Å². The highest BCUT2D eigenvalue weighted by atomic mass is 16.6. The minimum absolute atomic E-state index is 0.158. The van der Waals surface area contributed by atoms with Gasteiger partial charge in [0, 0.05) is 12.1 Å². The summed E-state index contributed by atoms with van der Waals surface area (Å²) in [6.45, 7) is 7.29. The zero-order valence-corrected chi connectivity index (χ0v) is 12.6. The average molecular weight is 283 g/mol. The zero-order chi connectivity index (χ0) is 14.3. The first-order valence-corrected chi connectivity index (χ1v) is 7.67. The van der Waals surface area contributed by atoms with Crippen LogP contribution < -0.4 is 0 Å². The molecule has 3 saturated heterocycles. The van der Waals surface area contributed by atoms with Crippen LogP contribution in [0.25, 0.3) is 0 Å². The highest BCUT2D eigenvalue weighted by molar-refractivity contribution is 5.69. The van der Waals surface area contributed by atoms with Gasteiger partial charge in [0.05, 0.1) is 19.3 Å². The van der Waals surface area contributed by atoms with E-state index in [1.54, 1.807) is 0 Å². The maximum atomic E-state index is 12.3. The van der Waals surface area contributed by atoms with E-state index >= 15 is 0 Å². The van der Waals surface area contributed by atoms with Crippen LogP contribution in [-0.4, -0.2) is 54.1 Å². The molecule has 3 aliphatic rings. The highest BCUT2D eigenvalue weighted by Gasteiger charge is 2.45. The molecule has 3 atom stereocenters. The minimum atomic E-state index is -0.423. The SMILES string of the molecule is CC(C)(C)OC(=O)N1[C@H]2CC[C@H]1CC(OC[C@H]1CO1)C2. The Labute approximate surface area is 120 Å². The Balaban J connectivity index is 1.55. The van der Waals surface area contributed by atoms with Crippen LogP contribution in [-0.2, 0) is 14.2 Å². The lowest BCUT2D eigenvalue weighted by Gasteiger charge is -2.39. The second-order valence-corrected chi connectivity index (χ2v) is 7.15. The van der Waals surface area contributed by atoms with Crippen LogP contribution in [0.15, 0.2) is 0 Å². The summed E-state index contributed by atoms with van der Waals surface area (Å²) in [6.07, 6.45) is 4.44. The van der Waals surface area contributed by atoms with E-state index in [-0.39, 0.29) is 24.3 Å². The van der Waals surface area contributed by atoms with Crippen molar-refractivity contribution in [3.8, 4) is 0 Å². The summed E-state index contributed by atoms with van der Waals surface area (Å²) in [7, 11) is 0. The van der Waals surface area contributed by atoms with Crippen molar-refractivity contribution >= 4 is 6.09 Å². The van der Waals surface area contributed by atoms with Crippen molar-refractivity contribution in [1.29, 1.82) is 0 Å². The number of rotatable bonds is 3. The number of piperidine rings is 1. The maximum absolute atomic E-state index is 12.3. The Bertz CT molecular complexity index is 361. The molecular formula is C15H25NO4. The van der Waals surface area contributed by atoms with Gasteiger partial charge in [-0.25, -0.2) is 4.79 Å². The van der Waals surface area contributed by atoms with Crippen LogP contribution in [0.3, 0.4) is 0 Å². The van der Waals surface area contributed by atoms with Crippen molar-refractivity contribution in [2.75, 3.05) is 13.2 Å². The molecule has 0 spiro atoms. The van der Waals surface area contributed by atoms with Gasteiger partial charge in [0.25, 0.3) is 0 Å². The van der Waals surface area contributed by atoms with E-state index in [0.717, 1.165) is 32.3 Å². The largest absolute Gasteiger partial charge is 0.444 e. The summed E-state index contributed by atoms with van der Waals surface area (Å²) in [4.78, 5) is 14.3. The molecule has 0 aromatic rings. The number of nitrogens with zero attached hydrogens (tertiary/aromatic N) is 1. The summed E-state index contributed by atoms with van der Waals surface area (Å²) in [6, 6.07) is 0.572. The van der Waals surface area contributed by atoms with E-state index in [1.165, 1.54) is 0 Å². The van der Waals surface area contributed by atoms with E-state index in [4.69, 9.17) is 14.2 Å². The normalized spacial score (nSPS) is 36.0. The number of ether oxygens (including phenoxy) is 3. The molecule has 3 heterocycles. The predicted molar refractivity (Wildman–Crippen MR) is 73.6 cm³/mol. The van der Waals surface area contributed by atoms with Gasteiger partial charge in [-0.2, -0.15) is 0 Å². The molecule has 1 amide bonds. The van der Waals surface area contributed by atoms with E-state index in [0.29, 0.717) is 12.7 Å². The quantitative estimate of drug-likeness (QED) is 0.746. The second kappa shape index (κ2) is 5.19. The third kappa shape index (κ3) is 3.26. The summed E-state index contributed by atoms with van der Waals surface area (Å²) >= 11 is 0. The Morgan fingerprint density at radius 3 is 2.35 bits per heavy atom. The molecule has 3 aliphatic heterocycles. The standard InChI is InChI=1S/C15H25NO4/c1-15(2,3)20-14(17)16-10-4-5-11(16)7-12(6-10)18-8-13-9-19-13/h10-13H,4-9H2,1-3H3/t10-,11-,13-/m0/s1. The zero-order valence-electron chi connectivity index (χ0n) is 12.6. The Morgan fingerprint density at radius 2 is 1.85 bits per heavy atom. The number of carbonyl (C=O) groups excluding carboxylic acids is 1. The first-order chi connectivity index (χ1) is 9.42. The van der Waals surface area contributed by atoms with Gasteiger partial charge in [0.15, 0.2) is 0 Å². The number of hydrogen-bond donors (Lipinski definition) is 0. The third-order valence-corrected chi connectivity index (χ3v) is 4.21. The predicted octanol–water partition coefficient (Wildman–Crippen LogP) is 2.33. The van der Waals surface area contributed by atoms with Crippen LogP contribution in [0.1, 0.15) is 46.5 Å². The number of amides is 1. The first-order valence-electron chi connectivity index (χ1n) is 7.67. The molecule has 3 rings (SSSR count). The van der Waals surface area contributed by atoms with Gasteiger partial charge >= 0.3 is 6.09 Å². The van der Waals surface area contributed by atoms with E-state index in [9.17, 15) is 4.79 Å². The molecule has 20 heavy (non-hydrogen) atoms. The van der Waals surface area contributed by atoms with Gasteiger partial charge in [0.2, 0.25) is 0 Å². The van der Waals surface area contributed by atoms with Crippen molar-refractivity contribution in [1.82, 2.24) is 4.90 Å². The molecule has 0 aliphatic carbocycles. The molecule has 114 valence electrons. The first kappa shape index (κ1) is 14.1. The van der Waals surface area contributed by atoms with Crippen LogP contribution in [0, 0.1) is 0 Å². The van der Waals surface area contributed by atoms with E-state index in [1.807, 2.05) is 25.7 Å². The van der Waals surface area contributed by atoms with Crippen LogP contribution in [0.2, 0.25) is 0 Å². The van der Waals surface area contributed by atoms with Crippen LogP contribution >= 0.6 is 0 Å². The van der Waals surface area contributed by atoms with Crippen molar-refractivity contribution in [2.45, 2.75) is 76.3 Å². The van der Waals surface area contributed by atoms with Crippen LogP contribution in [0.4, 0.5) is 4.79 Å². The third-order valence-electron chi connectivity index (χ3n) is 4.21. The molecule has 0 radical (unpaired) electrons.